The van der Waals surface area contributed by atoms with Crippen LogP contribution in [0.1, 0.15) is 5.56 Å². The van der Waals surface area contributed by atoms with Crippen molar-refractivity contribution in [2.75, 3.05) is 0 Å². The smallest absolute Gasteiger partial charge is 0.0178 e. The van der Waals surface area contributed by atoms with Crippen molar-refractivity contribution >= 4 is 45.2 Å². The first-order valence-electron chi connectivity index (χ1n) is 2.87. The Morgan fingerprint density at radius 2 is 1.60 bits per heavy atom. The monoisotopic (exact) mass is 359 g/mol. The van der Waals surface area contributed by atoms with Crippen LogP contribution in [-0.2, 0) is 6.54 Å². The van der Waals surface area contributed by atoms with Crippen LogP contribution in [-0.4, -0.2) is 0 Å². The summed E-state index contributed by atoms with van der Waals surface area (Å²) in [5.41, 5.74) is 6.69. The summed E-state index contributed by atoms with van der Waals surface area (Å²) in [6.45, 7) is 0.632. The molecule has 2 N–H and O–H groups in total. The van der Waals surface area contributed by atoms with Crippen LogP contribution < -0.4 is 5.73 Å². The highest BCUT2D eigenvalue weighted by Crippen LogP contribution is 2.13. The maximum absolute atomic E-state index is 5.48. The summed E-state index contributed by atoms with van der Waals surface area (Å²) >= 11 is 4.59. The van der Waals surface area contributed by atoms with Gasteiger partial charge >= 0.3 is 0 Å². The molecule has 0 saturated carbocycles. The standard InChI is InChI=1S/C7H7I2N/c8-6-1-5(4-10)2-7(9)3-6/h1-3H,4,10H2. The van der Waals surface area contributed by atoms with E-state index in [2.05, 4.69) is 63.4 Å². The Morgan fingerprint density at radius 3 is 2.00 bits per heavy atom. The normalized spacial score (nSPS) is 9.90. The maximum atomic E-state index is 5.48. The van der Waals surface area contributed by atoms with Crippen molar-refractivity contribution < 1.29 is 0 Å². The minimum Gasteiger partial charge on any atom is -0.326 e. The molecule has 0 aliphatic heterocycles. The second-order valence-corrected chi connectivity index (χ2v) is 4.47. The Morgan fingerprint density at radius 1 is 1.10 bits per heavy atom. The van der Waals surface area contributed by atoms with Gasteiger partial charge in [0, 0.05) is 13.7 Å². The molecule has 0 fully saturated rings. The predicted molar refractivity (Wildman–Crippen MR) is 59.8 cm³/mol. The topological polar surface area (TPSA) is 26.0 Å². The molecule has 0 aliphatic carbocycles. The Hall–Kier alpha value is 0.640. The van der Waals surface area contributed by atoms with Gasteiger partial charge in [0.2, 0.25) is 0 Å². The van der Waals surface area contributed by atoms with E-state index >= 15 is 0 Å². The van der Waals surface area contributed by atoms with Gasteiger partial charge in [0.25, 0.3) is 0 Å². The zero-order valence-corrected chi connectivity index (χ0v) is 9.59. The van der Waals surface area contributed by atoms with Crippen molar-refractivity contribution in [3.05, 3.63) is 30.9 Å². The molecule has 1 aromatic rings. The number of benzene rings is 1. The van der Waals surface area contributed by atoms with Crippen LogP contribution in [0.5, 0.6) is 0 Å². The molecule has 3 heteroatoms. The minimum atomic E-state index is 0.632. The van der Waals surface area contributed by atoms with Gasteiger partial charge < -0.3 is 5.73 Å². The number of halogens is 2. The molecule has 54 valence electrons. The SMILES string of the molecule is NCc1cc(I)cc(I)c1. The van der Waals surface area contributed by atoms with E-state index in [-0.39, 0.29) is 0 Å². The highest BCUT2D eigenvalue weighted by Gasteiger charge is 1.93. The molecule has 0 unspecified atom stereocenters. The molecule has 0 bridgehead atoms. The van der Waals surface area contributed by atoms with E-state index in [0.717, 1.165) is 0 Å². The van der Waals surface area contributed by atoms with Gasteiger partial charge in [-0.1, -0.05) is 0 Å². The fourth-order valence-corrected chi connectivity index (χ4v) is 2.80. The summed E-state index contributed by atoms with van der Waals surface area (Å²) in [5, 5.41) is 0. The average Bonchev–Trinajstić information content (AvgIpc) is 1.85. The fraction of sp³-hybridized carbons (Fsp3) is 0.143. The number of hydrogen-bond donors (Lipinski definition) is 1. The van der Waals surface area contributed by atoms with Crippen LogP contribution in [0.3, 0.4) is 0 Å². The second-order valence-electron chi connectivity index (χ2n) is 1.98. The molecule has 0 saturated heterocycles. The third-order valence-electron chi connectivity index (χ3n) is 1.16. The van der Waals surface area contributed by atoms with E-state index in [1.54, 1.807) is 0 Å². The van der Waals surface area contributed by atoms with E-state index in [9.17, 15) is 0 Å². The molecule has 0 atom stereocenters. The van der Waals surface area contributed by atoms with Crippen LogP contribution >= 0.6 is 45.2 Å². The van der Waals surface area contributed by atoms with Crippen molar-refractivity contribution in [3.8, 4) is 0 Å². The molecule has 0 radical (unpaired) electrons. The summed E-state index contributed by atoms with van der Waals surface area (Å²) in [4.78, 5) is 0. The molecule has 1 nitrogen and oxygen atoms in total. The van der Waals surface area contributed by atoms with Crippen molar-refractivity contribution in [1.82, 2.24) is 0 Å². The van der Waals surface area contributed by atoms with Crippen molar-refractivity contribution in [1.29, 1.82) is 0 Å². The van der Waals surface area contributed by atoms with Gasteiger partial charge in [0.05, 0.1) is 0 Å². The quantitative estimate of drug-likeness (QED) is 0.766. The van der Waals surface area contributed by atoms with Gasteiger partial charge in [-0.25, -0.2) is 0 Å². The Bertz CT molecular complexity index is 215. The zero-order chi connectivity index (χ0) is 7.56. The minimum absolute atomic E-state index is 0.632. The van der Waals surface area contributed by atoms with E-state index in [4.69, 9.17) is 5.73 Å². The lowest BCUT2D eigenvalue weighted by molar-refractivity contribution is 1.07. The molecule has 0 aromatic heterocycles. The van der Waals surface area contributed by atoms with Crippen molar-refractivity contribution in [3.63, 3.8) is 0 Å². The van der Waals surface area contributed by atoms with Gasteiger partial charge in [-0.3, -0.25) is 0 Å². The molecular weight excluding hydrogens is 352 g/mol. The van der Waals surface area contributed by atoms with Crippen LogP contribution in [0.25, 0.3) is 0 Å². The van der Waals surface area contributed by atoms with Gasteiger partial charge in [-0.2, -0.15) is 0 Å². The van der Waals surface area contributed by atoms with Crippen molar-refractivity contribution in [2.45, 2.75) is 6.54 Å². The summed E-state index contributed by atoms with van der Waals surface area (Å²) in [6.07, 6.45) is 0. The molecule has 0 heterocycles. The molecule has 0 aliphatic rings. The maximum Gasteiger partial charge on any atom is 0.0178 e. The second kappa shape index (κ2) is 3.87. The highest BCUT2D eigenvalue weighted by molar-refractivity contribution is 14.1. The van der Waals surface area contributed by atoms with Gasteiger partial charge in [0.1, 0.15) is 0 Å². The van der Waals surface area contributed by atoms with Crippen molar-refractivity contribution in [2.24, 2.45) is 5.73 Å². The Kier molecular flexibility index (Phi) is 3.38. The van der Waals surface area contributed by atoms with Gasteiger partial charge in [0.15, 0.2) is 0 Å². The fourth-order valence-electron chi connectivity index (χ4n) is 0.729. The first-order chi connectivity index (χ1) is 4.72. The third kappa shape index (κ3) is 2.35. The molecule has 1 aromatic carbocycles. The first-order valence-corrected chi connectivity index (χ1v) is 5.03. The van der Waals surface area contributed by atoms with Gasteiger partial charge in [-0.15, -0.1) is 0 Å². The number of rotatable bonds is 1. The van der Waals surface area contributed by atoms with Gasteiger partial charge in [-0.05, 0) is 68.9 Å². The zero-order valence-electron chi connectivity index (χ0n) is 5.27. The Labute approximate surface area is 87.7 Å². The third-order valence-corrected chi connectivity index (χ3v) is 2.40. The van der Waals surface area contributed by atoms with E-state index in [0.29, 0.717) is 6.54 Å². The summed E-state index contributed by atoms with van der Waals surface area (Å²) in [5.74, 6) is 0. The molecule has 0 spiro atoms. The Balaban J connectivity index is 3.06. The van der Waals surface area contributed by atoms with E-state index < -0.39 is 0 Å². The predicted octanol–water partition coefficient (Wildman–Crippen LogP) is 2.35. The van der Waals surface area contributed by atoms with Crippen LogP contribution in [0.15, 0.2) is 18.2 Å². The lowest BCUT2D eigenvalue weighted by Gasteiger charge is -1.98. The van der Waals surface area contributed by atoms with Crippen LogP contribution in [0.2, 0.25) is 0 Å². The van der Waals surface area contributed by atoms with E-state index in [1.165, 1.54) is 12.7 Å². The van der Waals surface area contributed by atoms with Crippen LogP contribution in [0.4, 0.5) is 0 Å². The molecule has 1 rings (SSSR count). The first kappa shape index (κ1) is 8.73. The molecular formula is C7H7I2N. The molecule has 0 amide bonds. The molecule has 10 heavy (non-hydrogen) atoms. The lowest BCUT2D eigenvalue weighted by Crippen LogP contribution is -1.96. The summed E-state index contributed by atoms with van der Waals surface area (Å²) < 4.78 is 2.51. The lowest BCUT2D eigenvalue weighted by atomic mass is 10.2. The van der Waals surface area contributed by atoms with Crippen LogP contribution in [0, 0.1) is 7.14 Å². The number of hydrogen-bond acceptors (Lipinski definition) is 1. The van der Waals surface area contributed by atoms with E-state index in [1.807, 2.05) is 0 Å². The average molecular weight is 359 g/mol. The highest BCUT2D eigenvalue weighted by atomic mass is 127. The summed E-state index contributed by atoms with van der Waals surface area (Å²) in [6, 6.07) is 6.33. The summed E-state index contributed by atoms with van der Waals surface area (Å²) in [7, 11) is 0. The number of nitrogens with two attached hydrogens (primary N) is 1. The largest absolute Gasteiger partial charge is 0.326 e.